The molecule has 1 N–H and O–H groups in total. The molecule has 1 aromatic heterocycles. The molecule has 0 radical (unpaired) electrons. The van der Waals surface area contributed by atoms with Gasteiger partial charge in [0, 0.05) is 37.1 Å². The lowest BCUT2D eigenvalue weighted by Gasteiger charge is -2.16. The van der Waals surface area contributed by atoms with Crippen LogP contribution in [0.25, 0.3) is 0 Å². The fourth-order valence-electron chi connectivity index (χ4n) is 2.51. The van der Waals surface area contributed by atoms with Gasteiger partial charge in [-0.05, 0) is 23.8 Å². The molecule has 144 valence electrons. The third-order valence-electron chi connectivity index (χ3n) is 4.05. The number of nitrogens with one attached hydrogen (secondary N) is 1. The zero-order valence-corrected chi connectivity index (χ0v) is 16.0. The molecule has 0 spiro atoms. The molecule has 2 aromatic carbocycles. The molecule has 0 unspecified atom stereocenters. The molecule has 2 amide bonds. The number of halogens is 1. The summed E-state index contributed by atoms with van der Waals surface area (Å²) in [7, 11) is 1.68. The molecule has 7 nitrogen and oxygen atoms in total. The van der Waals surface area contributed by atoms with Crippen molar-refractivity contribution in [2.24, 2.45) is 0 Å². The van der Waals surface area contributed by atoms with E-state index in [4.69, 9.17) is 16.1 Å². The van der Waals surface area contributed by atoms with Crippen molar-refractivity contribution >= 4 is 23.4 Å². The highest BCUT2D eigenvalue weighted by Crippen LogP contribution is 2.12. The van der Waals surface area contributed by atoms with Gasteiger partial charge in [-0.1, -0.05) is 53.2 Å². The maximum atomic E-state index is 12.4. The van der Waals surface area contributed by atoms with Crippen LogP contribution in [0, 0.1) is 0 Å². The highest BCUT2D eigenvalue weighted by atomic mass is 35.5. The van der Waals surface area contributed by atoms with Gasteiger partial charge in [0.15, 0.2) is 5.82 Å². The van der Waals surface area contributed by atoms with Gasteiger partial charge in [-0.25, -0.2) is 0 Å². The number of likely N-dealkylation sites (N-methyl/N-ethyl adjacent to an activating group) is 1. The largest absolute Gasteiger partial charge is 0.344 e. The summed E-state index contributed by atoms with van der Waals surface area (Å²) in [6.45, 7) is 0.740. The average molecular weight is 399 g/mol. The van der Waals surface area contributed by atoms with E-state index in [2.05, 4.69) is 15.5 Å². The Kier molecular flexibility index (Phi) is 6.39. The molecule has 8 heteroatoms. The summed E-state index contributed by atoms with van der Waals surface area (Å²) in [6.07, 6.45) is 0.359. The van der Waals surface area contributed by atoms with Crippen molar-refractivity contribution in [2.75, 3.05) is 13.6 Å². The zero-order valence-electron chi connectivity index (χ0n) is 15.3. The predicted molar refractivity (Wildman–Crippen MR) is 104 cm³/mol. The molecule has 0 aliphatic rings. The molecular weight excluding hydrogens is 380 g/mol. The number of aromatic nitrogens is 2. The molecular formula is C20H19ClN4O3. The Hall–Kier alpha value is -3.19. The van der Waals surface area contributed by atoms with E-state index in [9.17, 15) is 9.59 Å². The van der Waals surface area contributed by atoms with Gasteiger partial charge in [-0.3, -0.25) is 9.59 Å². The van der Waals surface area contributed by atoms with Gasteiger partial charge < -0.3 is 14.7 Å². The number of carbonyl (C=O) groups excluding carboxylic acids is 2. The molecule has 0 saturated heterocycles. The molecule has 0 aliphatic carbocycles. The van der Waals surface area contributed by atoms with Crippen molar-refractivity contribution in [2.45, 2.75) is 13.0 Å². The number of nitrogens with zero attached hydrogens (tertiary/aromatic N) is 3. The zero-order chi connectivity index (χ0) is 19.9. The van der Waals surface area contributed by atoms with Crippen LogP contribution in [0.15, 0.2) is 59.1 Å². The van der Waals surface area contributed by atoms with Crippen LogP contribution in [0.3, 0.4) is 0 Å². The molecule has 0 fully saturated rings. The minimum atomic E-state index is -0.439. The predicted octanol–water partition coefficient (Wildman–Crippen LogP) is 2.97. The van der Waals surface area contributed by atoms with Crippen LogP contribution in [0.5, 0.6) is 0 Å². The van der Waals surface area contributed by atoms with E-state index in [0.29, 0.717) is 35.9 Å². The summed E-state index contributed by atoms with van der Waals surface area (Å²) in [5.41, 5.74) is 1.47. The Balaban J connectivity index is 1.51. The van der Waals surface area contributed by atoms with Crippen LogP contribution in [-0.2, 0) is 13.0 Å². The highest BCUT2D eigenvalue weighted by molar-refractivity contribution is 6.30. The van der Waals surface area contributed by atoms with Gasteiger partial charge in [0.05, 0.1) is 0 Å². The smallest absolute Gasteiger partial charge is 0.315 e. The van der Waals surface area contributed by atoms with Crippen LogP contribution < -0.4 is 5.32 Å². The third kappa shape index (κ3) is 5.17. The van der Waals surface area contributed by atoms with Crippen molar-refractivity contribution in [3.63, 3.8) is 0 Å². The van der Waals surface area contributed by atoms with E-state index < -0.39 is 5.91 Å². The molecule has 0 atom stereocenters. The Morgan fingerprint density at radius 2 is 1.93 bits per heavy atom. The van der Waals surface area contributed by atoms with E-state index in [1.807, 2.05) is 30.3 Å². The normalized spacial score (nSPS) is 10.5. The number of rotatable bonds is 7. The van der Waals surface area contributed by atoms with Crippen LogP contribution in [0.4, 0.5) is 0 Å². The van der Waals surface area contributed by atoms with Crippen molar-refractivity contribution in [1.82, 2.24) is 20.4 Å². The van der Waals surface area contributed by atoms with Crippen molar-refractivity contribution in [1.29, 1.82) is 0 Å². The topological polar surface area (TPSA) is 88.3 Å². The summed E-state index contributed by atoms with van der Waals surface area (Å²) >= 11 is 5.92. The molecule has 0 saturated carbocycles. The second-order valence-corrected chi connectivity index (χ2v) is 6.61. The van der Waals surface area contributed by atoms with E-state index in [1.165, 1.54) is 4.90 Å². The van der Waals surface area contributed by atoms with Gasteiger partial charge in [-0.15, -0.1) is 0 Å². The number of hydrogen-bond acceptors (Lipinski definition) is 5. The Morgan fingerprint density at radius 1 is 1.14 bits per heavy atom. The quantitative estimate of drug-likeness (QED) is 0.661. The highest BCUT2D eigenvalue weighted by Gasteiger charge is 2.17. The van der Waals surface area contributed by atoms with Crippen LogP contribution in [-0.4, -0.2) is 40.4 Å². The first-order valence-electron chi connectivity index (χ1n) is 8.68. The molecule has 0 aliphatic heterocycles. The molecule has 3 rings (SSSR count). The van der Waals surface area contributed by atoms with E-state index in [1.54, 1.807) is 31.3 Å². The molecule has 0 bridgehead atoms. The minimum absolute atomic E-state index is 0.102. The average Bonchev–Trinajstić information content (AvgIpc) is 3.19. The number of carbonyl (C=O) groups is 2. The minimum Gasteiger partial charge on any atom is -0.344 e. The molecule has 28 heavy (non-hydrogen) atoms. The SMILES string of the molecule is CN(CCc1noc(C(=O)NCc2ccccc2)n1)C(=O)c1cccc(Cl)c1. The van der Waals surface area contributed by atoms with Crippen molar-refractivity contribution in [3.05, 3.63) is 82.5 Å². The summed E-state index contributed by atoms with van der Waals surface area (Å²) in [6, 6.07) is 16.3. The van der Waals surface area contributed by atoms with Crippen molar-refractivity contribution < 1.29 is 14.1 Å². The fraction of sp³-hybridized carbons (Fsp3) is 0.200. The lowest BCUT2D eigenvalue weighted by atomic mass is 10.2. The first kappa shape index (κ1) is 19.6. The lowest BCUT2D eigenvalue weighted by molar-refractivity contribution is 0.0795. The third-order valence-corrected chi connectivity index (χ3v) is 4.28. The summed E-state index contributed by atoms with van der Waals surface area (Å²) in [5, 5.41) is 7.03. The van der Waals surface area contributed by atoms with Gasteiger partial charge in [0.25, 0.3) is 5.91 Å². The molecule has 3 aromatic rings. The standard InChI is InChI=1S/C20H19ClN4O3/c1-25(20(27)15-8-5-9-16(21)12-15)11-10-17-23-19(28-24-17)18(26)22-13-14-6-3-2-4-7-14/h2-9,12H,10-11,13H2,1H3,(H,22,26). The molecule has 1 heterocycles. The summed E-state index contributed by atoms with van der Waals surface area (Å²) in [5.74, 6) is -0.344. The maximum Gasteiger partial charge on any atom is 0.315 e. The van der Waals surface area contributed by atoms with E-state index in [0.717, 1.165) is 5.56 Å². The van der Waals surface area contributed by atoms with E-state index in [-0.39, 0.29) is 11.8 Å². The summed E-state index contributed by atoms with van der Waals surface area (Å²) in [4.78, 5) is 30.1. The van der Waals surface area contributed by atoms with Crippen LogP contribution >= 0.6 is 11.6 Å². The Labute approximate surface area is 167 Å². The fourth-order valence-corrected chi connectivity index (χ4v) is 2.70. The Morgan fingerprint density at radius 3 is 2.68 bits per heavy atom. The Bertz CT molecular complexity index is 959. The van der Waals surface area contributed by atoms with Gasteiger partial charge in [-0.2, -0.15) is 4.98 Å². The second-order valence-electron chi connectivity index (χ2n) is 6.17. The van der Waals surface area contributed by atoms with Gasteiger partial charge >= 0.3 is 11.8 Å². The number of amides is 2. The maximum absolute atomic E-state index is 12.4. The van der Waals surface area contributed by atoms with Crippen LogP contribution in [0.1, 0.15) is 32.4 Å². The van der Waals surface area contributed by atoms with Crippen molar-refractivity contribution in [3.8, 4) is 0 Å². The van der Waals surface area contributed by atoms with E-state index >= 15 is 0 Å². The lowest BCUT2D eigenvalue weighted by Crippen LogP contribution is -2.29. The monoisotopic (exact) mass is 398 g/mol. The summed E-state index contributed by atoms with van der Waals surface area (Å²) < 4.78 is 5.01. The van der Waals surface area contributed by atoms with Gasteiger partial charge in [0.1, 0.15) is 0 Å². The number of benzene rings is 2. The first-order valence-corrected chi connectivity index (χ1v) is 9.06. The second kappa shape index (κ2) is 9.14. The first-order chi connectivity index (χ1) is 13.5. The van der Waals surface area contributed by atoms with Crippen LogP contribution in [0.2, 0.25) is 5.02 Å². The number of hydrogen-bond donors (Lipinski definition) is 1. The van der Waals surface area contributed by atoms with Gasteiger partial charge in [0.2, 0.25) is 0 Å².